The average molecular weight is 297 g/mol. The summed E-state index contributed by atoms with van der Waals surface area (Å²) < 4.78 is 5.20. The van der Waals surface area contributed by atoms with Gasteiger partial charge in [0.2, 0.25) is 5.89 Å². The number of nitrogens with one attached hydrogen (secondary N) is 1. The highest BCUT2D eigenvalue weighted by Gasteiger charge is 2.29. The Morgan fingerprint density at radius 1 is 1.32 bits per heavy atom. The lowest BCUT2D eigenvalue weighted by molar-refractivity contribution is 0.374. The first-order chi connectivity index (χ1) is 10.8. The van der Waals surface area contributed by atoms with Crippen LogP contribution in [0.2, 0.25) is 0 Å². The van der Waals surface area contributed by atoms with E-state index in [1.165, 1.54) is 24.0 Å². The summed E-state index contributed by atoms with van der Waals surface area (Å²) >= 11 is 0. The number of hydrogen-bond acceptors (Lipinski definition) is 4. The first-order valence-corrected chi connectivity index (χ1v) is 7.79. The maximum absolute atomic E-state index is 5.93. The quantitative estimate of drug-likeness (QED) is 0.668. The van der Waals surface area contributed by atoms with E-state index in [1.807, 2.05) is 6.07 Å². The van der Waals surface area contributed by atoms with Gasteiger partial charge in [-0.25, -0.2) is 4.99 Å². The molecule has 3 N–H and O–H groups in total. The van der Waals surface area contributed by atoms with Crippen molar-refractivity contribution in [2.45, 2.75) is 44.6 Å². The third kappa shape index (κ3) is 2.81. The zero-order chi connectivity index (χ0) is 14.9. The van der Waals surface area contributed by atoms with Crippen molar-refractivity contribution in [3.63, 3.8) is 0 Å². The van der Waals surface area contributed by atoms with Crippen LogP contribution >= 0.6 is 0 Å². The van der Waals surface area contributed by atoms with Crippen LogP contribution in [-0.2, 0) is 19.4 Å². The molecule has 2 aliphatic rings. The molecule has 0 unspecified atom stereocenters. The molecule has 0 aliphatic heterocycles. The molecular formula is C16H19N5O. The van der Waals surface area contributed by atoms with E-state index in [-0.39, 0.29) is 0 Å². The van der Waals surface area contributed by atoms with Gasteiger partial charge in [0.15, 0.2) is 11.8 Å². The lowest BCUT2D eigenvalue weighted by atomic mass is 10.1. The van der Waals surface area contributed by atoms with Gasteiger partial charge in [0.1, 0.15) is 6.54 Å². The molecule has 6 nitrogen and oxygen atoms in total. The fourth-order valence-electron chi connectivity index (χ4n) is 2.82. The van der Waals surface area contributed by atoms with E-state index in [0.29, 0.717) is 24.2 Å². The van der Waals surface area contributed by atoms with E-state index in [9.17, 15) is 0 Å². The minimum atomic E-state index is 0.333. The van der Waals surface area contributed by atoms with Crippen molar-refractivity contribution in [3.8, 4) is 0 Å². The van der Waals surface area contributed by atoms with Crippen LogP contribution in [0.1, 0.15) is 48.0 Å². The number of aliphatic imine (C=N–C) groups is 1. The van der Waals surface area contributed by atoms with Gasteiger partial charge in [0.05, 0.1) is 0 Å². The monoisotopic (exact) mass is 297 g/mol. The summed E-state index contributed by atoms with van der Waals surface area (Å²) in [5, 5.41) is 7.05. The van der Waals surface area contributed by atoms with Crippen LogP contribution in [0, 0.1) is 0 Å². The second-order valence-corrected chi connectivity index (χ2v) is 5.99. The van der Waals surface area contributed by atoms with Gasteiger partial charge in [-0.3, -0.25) is 0 Å². The van der Waals surface area contributed by atoms with Gasteiger partial charge in [-0.1, -0.05) is 11.2 Å². The van der Waals surface area contributed by atoms with Gasteiger partial charge >= 0.3 is 0 Å². The molecule has 6 heteroatoms. The summed E-state index contributed by atoms with van der Waals surface area (Å²) in [6.45, 7) is 0.333. The van der Waals surface area contributed by atoms with E-state index in [4.69, 9.17) is 10.3 Å². The third-order valence-electron chi connectivity index (χ3n) is 4.17. The molecule has 1 saturated carbocycles. The Balaban J connectivity index is 1.39. The van der Waals surface area contributed by atoms with Crippen LogP contribution in [-0.4, -0.2) is 16.1 Å². The Bertz CT molecular complexity index is 717. The van der Waals surface area contributed by atoms with Gasteiger partial charge in [-0.15, -0.1) is 0 Å². The molecular weight excluding hydrogens is 278 g/mol. The fourth-order valence-corrected chi connectivity index (χ4v) is 2.82. The Hall–Kier alpha value is -2.37. The molecule has 1 aromatic heterocycles. The van der Waals surface area contributed by atoms with Gasteiger partial charge < -0.3 is 15.6 Å². The Labute approximate surface area is 128 Å². The number of guanidine groups is 1. The Morgan fingerprint density at radius 2 is 2.18 bits per heavy atom. The lowest BCUT2D eigenvalue weighted by Crippen LogP contribution is -2.22. The topological polar surface area (TPSA) is 89.3 Å². The summed E-state index contributed by atoms with van der Waals surface area (Å²) in [7, 11) is 0. The molecule has 1 heterocycles. The number of fused-ring (bicyclic) bond motifs is 1. The second-order valence-electron chi connectivity index (χ2n) is 5.99. The highest BCUT2D eigenvalue weighted by atomic mass is 16.5. The largest absolute Gasteiger partial charge is 0.370 e. The molecule has 22 heavy (non-hydrogen) atoms. The first-order valence-electron chi connectivity index (χ1n) is 7.79. The van der Waals surface area contributed by atoms with Crippen LogP contribution in [0.3, 0.4) is 0 Å². The van der Waals surface area contributed by atoms with Crippen molar-refractivity contribution in [1.29, 1.82) is 0 Å². The molecule has 0 bridgehead atoms. The standard InChI is InChI=1S/C16H19N5O/c17-16(18-9-14-20-15(22-21-14)11-4-5-11)19-13-7-6-10-2-1-3-12(10)8-13/h6-8,11H,1-5,9H2,(H3,17,18,19). The van der Waals surface area contributed by atoms with Crippen LogP contribution in [0.4, 0.5) is 5.69 Å². The maximum atomic E-state index is 5.93. The smallest absolute Gasteiger partial charge is 0.229 e. The van der Waals surface area contributed by atoms with Gasteiger partial charge in [0, 0.05) is 11.6 Å². The van der Waals surface area contributed by atoms with Gasteiger partial charge in [-0.05, 0) is 55.4 Å². The number of aromatic nitrogens is 2. The van der Waals surface area contributed by atoms with Crippen molar-refractivity contribution in [2.24, 2.45) is 10.7 Å². The second kappa shape index (κ2) is 5.44. The molecule has 114 valence electrons. The minimum absolute atomic E-state index is 0.333. The summed E-state index contributed by atoms with van der Waals surface area (Å²) in [5.74, 6) is 2.15. The fraction of sp³-hybridized carbons (Fsp3) is 0.438. The summed E-state index contributed by atoms with van der Waals surface area (Å²) in [6.07, 6.45) is 5.86. The molecule has 2 aliphatic carbocycles. The molecule has 1 fully saturated rings. The van der Waals surface area contributed by atoms with E-state index in [0.717, 1.165) is 30.8 Å². The normalized spacial score (nSPS) is 17.5. The minimum Gasteiger partial charge on any atom is -0.370 e. The summed E-state index contributed by atoms with van der Waals surface area (Å²) in [4.78, 5) is 8.60. The molecule has 0 spiro atoms. The van der Waals surface area contributed by atoms with Crippen LogP contribution in [0.25, 0.3) is 0 Å². The highest BCUT2D eigenvalue weighted by molar-refractivity contribution is 5.92. The zero-order valence-electron chi connectivity index (χ0n) is 12.4. The Morgan fingerprint density at radius 3 is 3.05 bits per heavy atom. The molecule has 0 atom stereocenters. The number of nitrogens with two attached hydrogens (primary N) is 1. The summed E-state index contributed by atoms with van der Waals surface area (Å²) in [6, 6.07) is 6.37. The molecule has 4 rings (SSSR count). The van der Waals surface area contributed by atoms with E-state index < -0.39 is 0 Å². The SMILES string of the molecule is NC(=NCc1noc(C2CC2)n1)Nc1ccc2c(c1)CCC2. The van der Waals surface area contributed by atoms with E-state index in [2.05, 4.69) is 32.6 Å². The average Bonchev–Trinajstić information content (AvgIpc) is 3.08. The number of benzene rings is 1. The van der Waals surface area contributed by atoms with Crippen LogP contribution in [0.5, 0.6) is 0 Å². The van der Waals surface area contributed by atoms with E-state index in [1.54, 1.807) is 0 Å². The maximum Gasteiger partial charge on any atom is 0.229 e. The van der Waals surface area contributed by atoms with Crippen molar-refractivity contribution in [1.82, 2.24) is 10.1 Å². The van der Waals surface area contributed by atoms with Crippen molar-refractivity contribution in [2.75, 3.05) is 5.32 Å². The van der Waals surface area contributed by atoms with Gasteiger partial charge in [-0.2, -0.15) is 4.98 Å². The molecule has 1 aromatic carbocycles. The zero-order valence-corrected chi connectivity index (χ0v) is 12.4. The van der Waals surface area contributed by atoms with Crippen LogP contribution in [0.15, 0.2) is 27.7 Å². The predicted molar refractivity (Wildman–Crippen MR) is 83.7 cm³/mol. The van der Waals surface area contributed by atoms with E-state index >= 15 is 0 Å². The molecule has 0 saturated heterocycles. The first kappa shape index (κ1) is 13.3. The number of nitrogens with zero attached hydrogens (tertiary/aromatic N) is 3. The van der Waals surface area contributed by atoms with Gasteiger partial charge in [0.25, 0.3) is 0 Å². The number of rotatable bonds is 4. The highest BCUT2D eigenvalue weighted by Crippen LogP contribution is 2.38. The molecule has 2 aromatic rings. The number of hydrogen-bond donors (Lipinski definition) is 2. The van der Waals surface area contributed by atoms with Crippen LogP contribution < -0.4 is 11.1 Å². The number of aryl methyl sites for hydroxylation is 2. The van der Waals surface area contributed by atoms with Crippen molar-refractivity contribution in [3.05, 3.63) is 41.0 Å². The lowest BCUT2D eigenvalue weighted by Gasteiger charge is -2.07. The summed E-state index contributed by atoms with van der Waals surface area (Å²) in [5.41, 5.74) is 9.76. The van der Waals surface area contributed by atoms with Crippen molar-refractivity contribution < 1.29 is 4.52 Å². The Kier molecular flexibility index (Phi) is 3.29. The molecule has 0 amide bonds. The predicted octanol–water partition coefficient (Wildman–Crippen LogP) is 2.36. The van der Waals surface area contributed by atoms with Crippen molar-refractivity contribution >= 4 is 11.6 Å². The number of anilines is 1. The third-order valence-corrected chi connectivity index (χ3v) is 4.17. The molecule has 0 radical (unpaired) electrons.